The average Bonchev–Trinajstić information content (AvgIpc) is 2.82. The molecule has 31 heavy (non-hydrogen) atoms. The van der Waals surface area contributed by atoms with E-state index in [1.165, 1.54) is 16.4 Å². The summed E-state index contributed by atoms with van der Waals surface area (Å²) < 4.78 is 27.2. The van der Waals surface area contributed by atoms with Crippen LogP contribution >= 0.6 is 0 Å². The number of amides is 1. The first-order chi connectivity index (χ1) is 15.0. The van der Waals surface area contributed by atoms with Gasteiger partial charge in [0.15, 0.2) is 0 Å². The van der Waals surface area contributed by atoms with Crippen molar-refractivity contribution in [1.29, 1.82) is 5.26 Å². The van der Waals surface area contributed by atoms with E-state index < -0.39 is 10.0 Å². The van der Waals surface area contributed by atoms with Crippen molar-refractivity contribution in [2.75, 3.05) is 58.9 Å². The van der Waals surface area contributed by atoms with E-state index in [2.05, 4.69) is 22.0 Å². The van der Waals surface area contributed by atoms with Gasteiger partial charge in [0.05, 0.1) is 10.5 Å². The van der Waals surface area contributed by atoms with Gasteiger partial charge in [0.25, 0.3) is 0 Å². The van der Waals surface area contributed by atoms with Gasteiger partial charge in [0, 0.05) is 51.7 Å². The topological polar surface area (TPSA) is 96.8 Å². The van der Waals surface area contributed by atoms with Crippen LogP contribution in [0.1, 0.15) is 31.7 Å². The molecule has 0 aliphatic carbocycles. The molecular formula is C22H33N5O3S. The third-order valence-corrected chi connectivity index (χ3v) is 8.27. The number of piperidine rings is 1. The number of nitriles is 1. The number of sulfonamides is 1. The number of hydrogen-bond donors (Lipinski definition) is 1. The Kier molecular flexibility index (Phi) is 8.43. The number of benzene rings is 1. The third kappa shape index (κ3) is 6.04. The number of nitrogens with one attached hydrogen (secondary N) is 1. The Morgan fingerprint density at radius 3 is 2.39 bits per heavy atom. The van der Waals surface area contributed by atoms with Gasteiger partial charge in [0.2, 0.25) is 15.9 Å². The lowest BCUT2D eigenvalue weighted by Gasteiger charge is -2.34. The van der Waals surface area contributed by atoms with E-state index in [0.717, 1.165) is 45.7 Å². The van der Waals surface area contributed by atoms with Crippen LogP contribution in [-0.2, 0) is 14.8 Å². The summed E-state index contributed by atoms with van der Waals surface area (Å²) in [5.41, 5.74) is 0.151. The first-order valence-electron chi connectivity index (χ1n) is 11.2. The van der Waals surface area contributed by atoms with E-state index in [1.54, 1.807) is 12.1 Å². The van der Waals surface area contributed by atoms with Gasteiger partial charge < -0.3 is 15.1 Å². The van der Waals surface area contributed by atoms with Gasteiger partial charge in [-0.3, -0.25) is 4.79 Å². The molecule has 1 amide bonds. The lowest BCUT2D eigenvalue weighted by atomic mass is 9.97. The molecule has 0 bridgehead atoms. The van der Waals surface area contributed by atoms with Crippen molar-refractivity contribution >= 4 is 15.9 Å². The number of likely N-dealkylation sites (N-methyl/N-ethyl adjacent to an activating group) is 1. The molecule has 0 atom stereocenters. The van der Waals surface area contributed by atoms with Crippen LogP contribution in [0.2, 0.25) is 0 Å². The van der Waals surface area contributed by atoms with E-state index in [1.807, 2.05) is 6.07 Å². The molecule has 2 fully saturated rings. The Hall–Kier alpha value is -1.99. The Balaban J connectivity index is 1.40. The van der Waals surface area contributed by atoms with Crippen molar-refractivity contribution in [2.45, 2.75) is 31.1 Å². The van der Waals surface area contributed by atoms with E-state index in [0.29, 0.717) is 32.5 Å². The minimum atomic E-state index is -3.72. The number of nitrogens with zero attached hydrogens (tertiary/aromatic N) is 4. The van der Waals surface area contributed by atoms with Crippen molar-refractivity contribution in [3.05, 3.63) is 29.8 Å². The zero-order valence-corrected chi connectivity index (χ0v) is 19.1. The Bertz CT molecular complexity index is 883. The summed E-state index contributed by atoms with van der Waals surface area (Å²) in [4.78, 5) is 17.5. The van der Waals surface area contributed by atoms with Gasteiger partial charge in [-0.25, -0.2) is 8.42 Å². The van der Waals surface area contributed by atoms with Gasteiger partial charge in [-0.1, -0.05) is 19.1 Å². The zero-order chi connectivity index (χ0) is 22.3. The van der Waals surface area contributed by atoms with Crippen molar-refractivity contribution in [3.8, 4) is 6.07 Å². The highest BCUT2D eigenvalue weighted by Gasteiger charge is 2.33. The molecule has 2 aliphatic rings. The fourth-order valence-corrected chi connectivity index (χ4v) is 5.88. The van der Waals surface area contributed by atoms with Crippen LogP contribution in [0.5, 0.6) is 0 Å². The molecule has 8 nitrogen and oxygen atoms in total. The summed E-state index contributed by atoms with van der Waals surface area (Å²) in [6.45, 7) is 9.93. The van der Waals surface area contributed by atoms with E-state index in [4.69, 9.17) is 0 Å². The smallest absolute Gasteiger partial charge is 0.244 e. The van der Waals surface area contributed by atoms with Gasteiger partial charge in [-0.05, 0) is 44.5 Å². The zero-order valence-electron chi connectivity index (χ0n) is 18.3. The van der Waals surface area contributed by atoms with Crippen LogP contribution in [0.15, 0.2) is 29.2 Å². The number of carbonyl (C=O) groups excluding carboxylic acids is 1. The van der Waals surface area contributed by atoms with E-state index >= 15 is 0 Å². The molecule has 2 saturated heterocycles. The average molecular weight is 448 g/mol. The minimum absolute atomic E-state index is 0.0188. The lowest BCUT2D eigenvalue weighted by Crippen LogP contribution is -2.47. The maximum Gasteiger partial charge on any atom is 0.244 e. The first kappa shape index (κ1) is 23.7. The fraction of sp³-hybridized carbons (Fsp3) is 0.636. The van der Waals surface area contributed by atoms with Gasteiger partial charge in [-0.2, -0.15) is 9.57 Å². The second-order valence-corrected chi connectivity index (χ2v) is 10.1. The van der Waals surface area contributed by atoms with Crippen molar-refractivity contribution in [1.82, 2.24) is 19.4 Å². The van der Waals surface area contributed by atoms with Crippen LogP contribution in [-0.4, -0.2) is 87.3 Å². The second kappa shape index (κ2) is 11.0. The van der Waals surface area contributed by atoms with Crippen molar-refractivity contribution in [2.24, 2.45) is 5.92 Å². The molecule has 0 saturated carbocycles. The monoisotopic (exact) mass is 447 g/mol. The van der Waals surface area contributed by atoms with E-state index in [9.17, 15) is 18.5 Å². The maximum absolute atomic E-state index is 12.9. The maximum atomic E-state index is 12.9. The molecule has 170 valence electrons. The molecule has 3 rings (SSSR count). The molecule has 1 aromatic carbocycles. The van der Waals surface area contributed by atoms with Gasteiger partial charge in [0.1, 0.15) is 6.07 Å². The highest BCUT2D eigenvalue weighted by molar-refractivity contribution is 7.89. The van der Waals surface area contributed by atoms with Gasteiger partial charge in [-0.15, -0.1) is 0 Å². The molecule has 2 heterocycles. The molecule has 2 aliphatic heterocycles. The fourth-order valence-electron chi connectivity index (χ4n) is 4.27. The van der Waals surface area contributed by atoms with Crippen LogP contribution in [0.3, 0.4) is 0 Å². The minimum Gasteiger partial charge on any atom is -0.356 e. The van der Waals surface area contributed by atoms with Crippen molar-refractivity contribution in [3.63, 3.8) is 0 Å². The van der Waals surface area contributed by atoms with Crippen LogP contribution < -0.4 is 5.32 Å². The lowest BCUT2D eigenvalue weighted by molar-refractivity contribution is -0.126. The molecular weight excluding hydrogens is 414 g/mol. The predicted octanol–water partition coefficient (Wildman–Crippen LogP) is 1.10. The third-order valence-electron chi connectivity index (χ3n) is 6.31. The summed E-state index contributed by atoms with van der Waals surface area (Å²) >= 11 is 0. The van der Waals surface area contributed by atoms with Crippen LogP contribution in [0.25, 0.3) is 0 Å². The summed E-state index contributed by atoms with van der Waals surface area (Å²) in [6.07, 6.45) is 1.92. The summed E-state index contributed by atoms with van der Waals surface area (Å²) in [6, 6.07) is 8.20. The number of hydrogen-bond acceptors (Lipinski definition) is 6. The molecule has 0 unspecified atom stereocenters. The normalized spacial score (nSPS) is 19.7. The highest BCUT2D eigenvalue weighted by atomic mass is 32.2. The number of piperazine rings is 1. The molecule has 1 aromatic rings. The Morgan fingerprint density at radius 2 is 1.74 bits per heavy atom. The van der Waals surface area contributed by atoms with Crippen LogP contribution in [0.4, 0.5) is 0 Å². The standard InChI is InChI=1S/C22H33N5O3S/c1-2-25-14-16-26(17-15-25)11-5-10-24-22(28)19-8-12-27(13-9-19)31(29,30)21-7-4-3-6-20(21)18-23/h3-4,6-7,19H,2,5,8-17H2,1H3,(H,24,28). The first-order valence-corrected chi connectivity index (χ1v) is 12.6. The molecule has 1 N–H and O–H groups in total. The van der Waals surface area contributed by atoms with Crippen molar-refractivity contribution < 1.29 is 13.2 Å². The number of carbonyl (C=O) groups is 1. The van der Waals surface area contributed by atoms with Crippen LogP contribution in [0, 0.1) is 17.2 Å². The summed E-state index contributed by atoms with van der Waals surface area (Å²) in [5, 5.41) is 12.2. The molecule has 0 spiro atoms. The Morgan fingerprint density at radius 1 is 1.10 bits per heavy atom. The molecule has 0 radical (unpaired) electrons. The van der Waals surface area contributed by atoms with E-state index in [-0.39, 0.29) is 22.3 Å². The SMILES string of the molecule is CCN1CCN(CCCNC(=O)C2CCN(S(=O)(=O)c3ccccc3C#N)CC2)CC1. The molecule has 9 heteroatoms. The second-order valence-electron chi connectivity index (χ2n) is 8.21. The van der Waals surface area contributed by atoms with Gasteiger partial charge >= 0.3 is 0 Å². The largest absolute Gasteiger partial charge is 0.356 e. The summed E-state index contributed by atoms with van der Waals surface area (Å²) in [5.74, 6) is -0.143. The predicted molar refractivity (Wildman–Crippen MR) is 119 cm³/mol. The Labute approximate surface area is 185 Å². The number of rotatable bonds is 8. The summed E-state index contributed by atoms with van der Waals surface area (Å²) in [7, 11) is -3.72. The highest BCUT2D eigenvalue weighted by Crippen LogP contribution is 2.25. The molecule has 0 aromatic heterocycles. The quantitative estimate of drug-likeness (QED) is 0.600.